The minimum atomic E-state index is -0.442. The number of nitrogens with two attached hydrogens (primary N) is 1. The van der Waals surface area contributed by atoms with Crippen LogP contribution in [0.1, 0.15) is 47.0 Å². The molecule has 0 bridgehead atoms. The zero-order chi connectivity index (χ0) is 13.4. The molecule has 0 fully saturated rings. The highest BCUT2D eigenvalue weighted by molar-refractivity contribution is 5.82. The van der Waals surface area contributed by atoms with E-state index in [0.29, 0.717) is 18.9 Å². The molecular weight excluding hydrogens is 216 g/mol. The van der Waals surface area contributed by atoms with E-state index in [-0.39, 0.29) is 18.6 Å². The summed E-state index contributed by atoms with van der Waals surface area (Å²) in [5.74, 6) is 0.382. The van der Waals surface area contributed by atoms with Crippen molar-refractivity contribution < 1.29 is 9.90 Å². The fraction of sp³-hybridized carbons (Fsp3) is 0.923. The third kappa shape index (κ3) is 5.50. The summed E-state index contributed by atoms with van der Waals surface area (Å²) in [6, 6.07) is -0.255. The second-order valence-electron chi connectivity index (χ2n) is 4.96. The minimum Gasteiger partial charge on any atom is -0.395 e. The molecule has 102 valence electrons. The summed E-state index contributed by atoms with van der Waals surface area (Å²) < 4.78 is 0. The maximum atomic E-state index is 12.2. The van der Waals surface area contributed by atoms with Crippen LogP contribution in [0.2, 0.25) is 0 Å². The quantitative estimate of drug-likeness (QED) is 0.677. The Balaban J connectivity index is 4.62. The first-order valence-electron chi connectivity index (χ1n) is 6.64. The lowest BCUT2D eigenvalue weighted by Crippen LogP contribution is -2.49. The standard InChI is InChI=1S/C13H28N2O2/c1-5-11(6-2)15(7-8-16)13(17)12(14)9-10(3)4/h10-12,16H,5-9,14H2,1-4H3/t12-/m0/s1. The summed E-state index contributed by atoms with van der Waals surface area (Å²) in [6.45, 7) is 8.61. The van der Waals surface area contributed by atoms with Crippen molar-refractivity contribution in [2.75, 3.05) is 13.2 Å². The van der Waals surface area contributed by atoms with Gasteiger partial charge in [-0.25, -0.2) is 0 Å². The zero-order valence-corrected chi connectivity index (χ0v) is 11.6. The second kappa shape index (κ2) is 8.48. The molecule has 0 saturated heterocycles. The molecule has 0 aliphatic rings. The maximum Gasteiger partial charge on any atom is 0.239 e. The number of carbonyl (C=O) groups is 1. The smallest absolute Gasteiger partial charge is 0.239 e. The molecule has 0 saturated carbocycles. The number of hydrogen-bond donors (Lipinski definition) is 2. The van der Waals surface area contributed by atoms with Gasteiger partial charge >= 0.3 is 0 Å². The molecule has 0 spiro atoms. The highest BCUT2D eigenvalue weighted by Crippen LogP contribution is 2.12. The number of nitrogens with zero attached hydrogens (tertiary/aromatic N) is 1. The van der Waals surface area contributed by atoms with Crippen molar-refractivity contribution in [1.82, 2.24) is 4.90 Å². The molecule has 0 radical (unpaired) electrons. The maximum absolute atomic E-state index is 12.2. The molecule has 4 heteroatoms. The van der Waals surface area contributed by atoms with Crippen molar-refractivity contribution in [3.05, 3.63) is 0 Å². The monoisotopic (exact) mass is 244 g/mol. The van der Waals surface area contributed by atoms with Crippen LogP contribution < -0.4 is 5.73 Å². The van der Waals surface area contributed by atoms with Gasteiger partial charge in [-0.1, -0.05) is 27.7 Å². The minimum absolute atomic E-state index is 0.00333. The first-order valence-corrected chi connectivity index (χ1v) is 6.64. The molecule has 17 heavy (non-hydrogen) atoms. The summed E-state index contributed by atoms with van der Waals surface area (Å²) >= 11 is 0. The lowest BCUT2D eigenvalue weighted by molar-refractivity contribution is -0.136. The topological polar surface area (TPSA) is 66.6 Å². The van der Waals surface area contributed by atoms with E-state index in [1.807, 2.05) is 0 Å². The largest absolute Gasteiger partial charge is 0.395 e. The van der Waals surface area contributed by atoms with E-state index in [9.17, 15) is 4.79 Å². The van der Waals surface area contributed by atoms with Crippen molar-refractivity contribution >= 4 is 5.91 Å². The Hall–Kier alpha value is -0.610. The molecule has 1 atom stereocenters. The molecule has 0 rings (SSSR count). The molecule has 0 heterocycles. The normalized spacial score (nSPS) is 13.2. The summed E-state index contributed by atoms with van der Waals surface area (Å²) in [5.41, 5.74) is 5.92. The van der Waals surface area contributed by atoms with Gasteiger partial charge in [0.25, 0.3) is 0 Å². The Morgan fingerprint density at radius 1 is 1.29 bits per heavy atom. The van der Waals surface area contributed by atoms with Crippen LogP contribution in [0.3, 0.4) is 0 Å². The van der Waals surface area contributed by atoms with E-state index in [2.05, 4.69) is 27.7 Å². The SMILES string of the molecule is CCC(CC)N(CCO)C(=O)[C@@H](N)CC(C)C. The third-order valence-corrected chi connectivity index (χ3v) is 3.05. The predicted octanol–water partition coefficient (Wildman–Crippen LogP) is 1.37. The highest BCUT2D eigenvalue weighted by Gasteiger charge is 2.25. The van der Waals surface area contributed by atoms with E-state index >= 15 is 0 Å². The summed E-state index contributed by atoms with van der Waals surface area (Å²) in [4.78, 5) is 14.0. The predicted molar refractivity (Wildman–Crippen MR) is 70.6 cm³/mol. The molecular formula is C13H28N2O2. The lowest BCUT2D eigenvalue weighted by Gasteiger charge is -2.32. The zero-order valence-electron chi connectivity index (χ0n) is 11.6. The molecule has 0 unspecified atom stereocenters. The number of rotatable bonds is 8. The first-order chi connectivity index (χ1) is 7.97. The molecule has 4 nitrogen and oxygen atoms in total. The van der Waals surface area contributed by atoms with Crippen LogP contribution in [-0.4, -0.2) is 41.1 Å². The van der Waals surface area contributed by atoms with Gasteiger partial charge in [0.05, 0.1) is 12.6 Å². The molecule has 0 aliphatic heterocycles. The number of hydrogen-bond acceptors (Lipinski definition) is 3. The van der Waals surface area contributed by atoms with Gasteiger partial charge in [-0.15, -0.1) is 0 Å². The van der Waals surface area contributed by atoms with Crippen LogP contribution in [0.5, 0.6) is 0 Å². The first kappa shape index (κ1) is 16.4. The van der Waals surface area contributed by atoms with E-state index in [0.717, 1.165) is 12.8 Å². The van der Waals surface area contributed by atoms with Crippen molar-refractivity contribution in [3.8, 4) is 0 Å². The summed E-state index contributed by atoms with van der Waals surface area (Å²) in [7, 11) is 0. The molecule has 1 amide bonds. The van der Waals surface area contributed by atoms with Crippen LogP contribution >= 0.6 is 0 Å². The van der Waals surface area contributed by atoms with Crippen LogP contribution in [0, 0.1) is 5.92 Å². The van der Waals surface area contributed by atoms with E-state index in [4.69, 9.17) is 10.8 Å². The van der Waals surface area contributed by atoms with Gasteiger partial charge in [-0.2, -0.15) is 0 Å². The van der Waals surface area contributed by atoms with Crippen LogP contribution in [0.25, 0.3) is 0 Å². The van der Waals surface area contributed by atoms with Crippen molar-refractivity contribution in [3.63, 3.8) is 0 Å². The van der Waals surface area contributed by atoms with Crippen molar-refractivity contribution in [1.29, 1.82) is 0 Å². The molecule has 0 aromatic heterocycles. The molecule has 0 aliphatic carbocycles. The van der Waals surface area contributed by atoms with Gasteiger partial charge < -0.3 is 15.7 Å². The summed E-state index contributed by atoms with van der Waals surface area (Å²) in [5, 5.41) is 9.05. The fourth-order valence-electron chi connectivity index (χ4n) is 2.13. The molecule has 0 aromatic carbocycles. The van der Waals surface area contributed by atoms with Crippen LogP contribution in [0.4, 0.5) is 0 Å². The Bertz CT molecular complexity index is 215. The third-order valence-electron chi connectivity index (χ3n) is 3.05. The van der Waals surface area contributed by atoms with Gasteiger partial charge in [0, 0.05) is 12.6 Å². The second-order valence-corrected chi connectivity index (χ2v) is 4.96. The average Bonchev–Trinajstić information content (AvgIpc) is 2.27. The highest BCUT2D eigenvalue weighted by atomic mass is 16.3. The Kier molecular flexibility index (Phi) is 8.17. The number of aliphatic hydroxyl groups is 1. The van der Waals surface area contributed by atoms with E-state index in [1.54, 1.807) is 4.90 Å². The summed E-state index contributed by atoms with van der Waals surface area (Å²) in [6.07, 6.45) is 2.49. The van der Waals surface area contributed by atoms with Crippen LogP contribution in [-0.2, 0) is 4.79 Å². The average molecular weight is 244 g/mol. The number of amides is 1. The molecule has 0 aromatic rings. The van der Waals surface area contributed by atoms with Gasteiger partial charge in [-0.3, -0.25) is 4.79 Å². The number of carbonyl (C=O) groups excluding carboxylic acids is 1. The van der Waals surface area contributed by atoms with Gasteiger partial charge in [0.1, 0.15) is 0 Å². The van der Waals surface area contributed by atoms with Crippen molar-refractivity contribution in [2.45, 2.75) is 59.0 Å². The Labute approximate surface area is 105 Å². The fourth-order valence-corrected chi connectivity index (χ4v) is 2.13. The molecule has 3 N–H and O–H groups in total. The lowest BCUT2D eigenvalue weighted by atomic mass is 10.0. The Morgan fingerprint density at radius 2 is 1.82 bits per heavy atom. The van der Waals surface area contributed by atoms with Gasteiger partial charge in [0.2, 0.25) is 5.91 Å². The van der Waals surface area contributed by atoms with Crippen LogP contribution in [0.15, 0.2) is 0 Å². The van der Waals surface area contributed by atoms with Gasteiger partial charge in [-0.05, 0) is 25.2 Å². The van der Waals surface area contributed by atoms with E-state index < -0.39 is 6.04 Å². The van der Waals surface area contributed by atoms with Gasteiger partial charge in [0.15, 0.2) is 0 Å². The Morgan fingerprint density at radius 3 is 2.18 bits per heavy atom. The van der Waals surface area contributed by atoms with E-state index in [1.165, 1.54) is 0 Å². The number of aliphatic hydroxyl groups excluding tert-OH is 1. The van der Waals surface area contributed by atoms with Crippen molar-refractivity contribution in [2.24, 2.45) is 11.7 Å².